The third-order valence-electron chi connectivity index (χ3n) is 5.79. The molecule has 1 aromatic heterocycles. The number of rotatable bonds is 3. The van der Waals surface area contributed by atoms with Gasteiger partial charge >= 0.3 is 0 Å². The van der Waals surface area contributed by atoms with Crippen molar-refractivity contribution >= 4 is 7.85 Å². The van der Waals surface area contributed by atoms with Crippen LogP contribution in [0.15, 0.2) is 72.9 Å². The molecule has 1 aliphatic carbocycles. The van der Waals surface area contributed by atoms with Gasteiger partial charge in [-0.3, -0.25) is 4.98 Å². The number of nitrogens with zero attached hydrogens (tertiary/aromatic N) is 1. The number of hydrogen-bond donors (Lipinski definition) is 0. The Bertz CT molecular complexity index is 845. The third-order valence-corrected chi connectivity index (χ3v) is 5.79. The largest absolute Gasteiger partial charge is 0.256 e. The maximum atomic E-state index is 6.70. The Hall–Kier alpha value is -2.35. The summed E-state index contributed by atoms with van der Waals surface area (Å²) in [5.41, 5.74) is 5.74. The quantitative estimate of drug-likeness (QED) is 0.535. The topological polar surface area (TPSA) is 12.9 Å². The Morgan fingerprint density at radius 2 is 1.46 bits per heavy atom. The first-order valence-electron chi connectivity index (χ1n) is 9.55. The monoisotopic (exact) mass is 337 g/mol. The van der Waals surface area contributed by atoms with Gasteiger partial charge in [0.2, 0.25) is 0 Å². The molecule has 0 atom stereocenters. The van der Waals surface area contributed by atoms with E-state index in [9.17, 15) is 0 Å². The number of hydrogen-bond acceptors (Lipinski definition) is 1. The Morgan fingerprint density at radius 1 is 0.808 bits per heavy atom. The first kappa shape index (κ1) is 17.1. The Labute approximate surface area is 157 Å². The van der Waals surface area contributed by atoms with Gasteiger partial charge in [0.1, 0.15) is 0 Å². The maximum Gasteiger partial charge on any atom is 0.0810 e. The van der Waals surface area contributed by atoms with E-state index < -0.39 is 0 Å². The molecule has 0 saturated heterocycles. The third kappa shape index (κ3) is 3.46. The summed E-state index contributed by atoms with van der Waals surface area (Å²) < 4.78 is 0. The summed E-state index contributed by atoms with van der Waals surface area (Å²) in [6, 6.07) is 23.3. The molecule has 1 nitrogen and oxygen atoms in total. The molecule has 0 aliphatic heterocycles. The van der Waals surface area contributed by atoms with Crippen molar-refractivity contribution in [1.82, 2.24) is 4.98 Å². The highest BCUT2D eigenvalue weighted by Gasteiger charge is 2.30. The second-order valence-corrected chi connectivity index (χ2v) is 7.71. The van der Waals surface area contributed by atoms with Gasteiger partial charge in [-0.15, -0.1) is 0 Å². The molecule has 4 rings (SSSR count). The lowest BCUT2D eigenvalue weighted by Crippen LogP contribution is -2.31. The van der Waals surface area contributed by atoms with E-state index in [0.29, 0.717) is 0 Å². The fraction of sp³-hybridized carbons (Fsp3) is 0.292. The van der Waals surface area contributed by atoms with Crippen molar-refractivity contribution in [3.8, 4) is 22.4 Å². The van der Waals surface area contributed by atoms with Crippen LogP contribution in [0.1, 0.15) is 38.2 Å². The van der Waals surface area contributed by atoms with E-state index in [1.54, 1.807) is 0 Å². The minimum absolute atomic E-state index is 0.152. The van der Waals surface area contributed by atoms with Crippen molar-refractivity contribution in [1.29, 1.82) is 0 Å². The Kier molecular flexibility index (Phi) is 4.67. The standard InChI is InChI=1S/C24H24BN/c1-18-13-15-24(25,16-14-18)22-10-7-19(8-11-22)21-9-12-23(26-17-21)20-5-3-2-4-6-20/h2-12,17-18H,13-16H2,1H3. The first-order chi connectivity index (χ1) is 12.6. The molecular weight excluding hydrogens is 313 g/mol. The molecule has 26 heavy (non-hydrogen) atoms. The second kappa shape index (κ2) is 7.11. The molecule has 128 valence electrons. The lowest BCUT2D eigenvalue weighted by molar-refractivity contribution is 0.317. The minimum atomic E-state index is -0.152. The van der Waals surface area contributed by atoms with Gasteiger partial charge < -0.3 is 0 Å². The zero-order valence-corrected chi connectivity index (χ0v) is 15.4. The van der Waals surface area contributed by atoms with Crippen LogP contribution in [-0.4, -0.2) is 12.8 Å². The van der Waals surface area contributed by atoms with E-state index in [-0.39, 0.29) is 5.31 Å². The number of pyridine rings is 1. The van der Waals surface area contributed by atoms with Crippen LogP contribution in [0.4, 0.5) is 0 Å². The average Bonchev–Trinajstić information content (AvgIpc) is 2.71. The van der Waals surface area contributed by atoms with Crippen LogP contribution in [0.5, 0.6) is 0 Å². The zero-order chi connectivity index (χ0) is 18.0. The molecule has 0 unspecified atom stereocenters. The molecule has 0 amide bonds. The van der Waals surface area contributed by atoms with E-state index in [1.807, 2.05) is 24.4 Å². The van der Waals surface area contributed by atoms with Crippen LogP contribution in [0.2, 0.25) is 0 Å². The Balaban J connectivity index is 1.54. The van der Waals surface area contributed by atoms with Crippen LogP contribution >= 0.6 is 0 Å². The first-order valence-corrected chi connectivity index (χ1v) is 9.55. The lowest BCUT2D eigenvalue weighted by atomic mass is 9.55. The summed E-state index contributed by atoms with van der Waals surface area (Å²) in [5, 5.41) is -0.152. The number of aromatic nitrogens is 1. The van der Waals surface area contributed by atoms with Gasteiger partial charge in [-0.25, -0.2) is 0 Å². The van der Waals surface area contributed by atoms with Crippen LogP contribution in [0.3, 0.4) is 0 Å². The predicted octanol–water partition coefficient (Wildman–Crippen LogP) is 5.99. The highest BCUT2D eigenvalue weighted by atomic mass is 14.7. The van der Waals surface area contributed by atoms with Gasteiger partial charge in [0.15, 0.2) is 0 Å². The van der Waals surface area contributed by atoms with Crippen molar-refractivity contribution in [3.63, 3.8) is 0 Å². The van der Waals surface area contributed by atoms with E-state index in [1.165, 1.54) is 24.0 Å². The van der Waals surface area contributed by atoms with Gasteiger partial charge in [-0.05, 0) is 22.9 Å². The summed E-state index contributed by atoms with van der Waals surface area (Å²) in [5.74, 6) is 0.806. The van der Waals surface area contributed by atoms with E-state index in [2.05, 4.69) is 60.4 Å². The molecule has 2 radical (unpaired) electrons. The van der Waals surface area contributed by atoms with Gasteiger partial charge in [0.05, 0.1) is 13.5 Å². The van der Waals surface area contributed by atoms with Crippen molar-refractivity contribution < 1.29 is 0 Å². The molecule has 1 saturated carbocycles. The van der Waals surface area contributed by atoms with E-state index in [4.69, 9.17) is 7.85 Å². The van der Waals surface area contributed by atoms with E-state index in [0.717, 1.165) is 35.6 Å². The maximum absolute atomic E-state index is 6.70. The Morgan fingerprint density at radius 3 is 2.08 bits per heavy atom. The van der Waals surface area contributed by atoms with Crippen LogP contribution < -0.4 is 0 Å². The van der Waals surface area contributed by atoms with Crippen LogP contribution in [0.25, 0.3) is 22.4 Å². The molecule has 0 N–H and O–H groups in total. The molecule has 0 spiro atoms. The number of benzene rings is 2. The molecule has 1 heterocycles. The smallest absolute Gasteiger partial charge is 0.0810 e. The fourth-order valence-corrected chi connectivity index (χ4v) is 3.90. The van der Waals surface area contributed by atoms with Crippen molar-refractivity contribution in [3.05, 3.63) is 78.5 Å². The summed E-state index contributed by atoms with van der Waals surface area (Å²) in [6.07, 6.45) is 6.58. The summed E-state index contributed by atoms with van der Waals surface area (Å²) in [4.78, 5) is 4.63. The van der Waals surface area contributed by atoms with Crippen molar-refractivity contribution in [2.24, 2.45) is 5.92 Å². The highest BCUT2D eigenvalue weighted by Crippen LogP contribution is 2.39. The van der Waals surface area contributed by atoms with Crippen LogP contribution in [0, 0.1) is 5.92 Å². The van der Waals surface area contributed by atoms with E-state index >= 15 is 0 Å². The van der Waals surface area contributed by atoms with Gasteiger partial charge in [0.25, 0.3) is 0 Å². The van der Waals surface area contributed by atoms with Gasteiger partial charge in [-0.1, -0.05) is 98.8 Å². The zero-order valence-electron chi connectivity index (χ0n) is 15.4. The van der Waals surface area contributed by atoms with Crippen LogP contribution in [-0.2, 0) is 5.31 Å². The second-order valence-electron chi connectivity index (χ2n) is 7.71. The lowest BCUT2D eigenvalue weighted by Gasteiger charge is -2.37. The normalized spacial score (nSPS) is 22.9. The minimum Gasteiger partial charge on any atom is -0.256 e. The summed E-state index contributed by atoms with van der Waals surface area (Å²) in [6.45, 7) is 2.33. The molecule has 2 heteroatoms. The van der Waals surface area contributed by atoms with Gasteiger partial charge in [0, 0.05) is 17.3 Å². The predicted molar refractivity (Wildman–Crippen MR) is 110 cm³/mol. The molecule has 1 aliphatic rings. The molecule has 3 aromatic rings. The highest BCUT2D eigenvalue weighted by molar-refractivity contribution is 6.16. The van der Waals surface area contributed by atoms with Gasteiger partial charge in [-0.2, -0.15) is 0 Å². The molecular formula is C24H24BN. The molecule has 2 aromatic carbocycles. The van der Waals surface area contributed by atoms with Crippen molar-refractivity contribution in [2.45, 2.75) is 37.9 Å². The molecule has 1 fully saturated rings. The fourth-order valence-electron chi connectivity index (χ4n) is 3.90. The molecule has 0 bridgehead atoms. The average molecular weight is 337 g/mol. The summed E-state index contributed by atoms with van der Waals surface area (Å²) >= 11 is 0. The SMILES string of the molecule is [B]C1(c2ccc(-c3ccc(-c4ccccc4)nc3)cc2)CCC(C)CC1. The van der Waals surface area contributed by atoms with Crippen molar-refractivity contribution in [2.75, 3.05) is 0 Å². The summed E-state index contributed by atoms with van der Waals surface area (Å²) in [7, 11) is 6.70.